The molecule has 0 amide bonds. The Morgan fingerprint density at radius 1 is 1.75 bits per heavy atom. The number of pyridine rings is 1. The number of hydrogen-bond acceptors (Lipinski definition) is 3. The Hall–Kier alpha value is -1.13. The molecule has 0 fully saturated rings. The number of hydroxylamine groups is 1. The maximum absolute atomic E-state index is 8.48. The Kier molecular flexibility index (Phi) is 2.62. The second kappa shape index (κ2) is 3.51. The summed E-state index contributed by atoms with van der Waals surface area (Å²) in [5.41, 5.74) is 2.93. The first-order chi connectivity index (χ1) is 5.66. The zero-order valence-corrected chi connectivity index (χ0v) is 7.18. The summed E-state index contributed by atoms with van der Waals surface area (Å²) in [4.78, 5) is 3.78. The number of aromatic nitrogens is 1. The van der Waals surface area contributed by atoms with Crippen LogP contribution in [0, 0.1) is 12.3 Å². The Morgan fingerprint density at radius 2 is 2.42 bits per heavy atom. The van der Waals surface area contributed by atoms with Crippen molar-refractivity contribution >= 4 is 17.4 Å². The highest BCUT2D eigenvalue weighted by Crippen LogP contribution is 2.15. The molecule has 1 heterocycles. The molecule has 0 radical (unpaired) electrons. The first-order valence-corrected chi connectivity index (χ1v) is 3.64. The van der Waals surface area contributed by atoms with Crippen LogP contribution in [0.5, 0.6) is 0 Å². The number of hydrogen-bond donors (Lipinski definition) is 3. The number of rotatable bonds is 1. The lowest BCUT2D eigenvalue weighted by Gasteiger charge is -2.06. The van der Waals surface area contributed by atoms with Gasteiger partial charge in [-0.2, -0.15) is 0 Å². The summed E-state index contributed by atoms with van der Waals surface area (Å²) in [7, 11) is 0. The quantitative estimate of drug-likeness (QED) is 0.268. The van der Waals surface area contributed by atoms with Crippen molar-refractivity contribution in [2.24, 2.45) is 0 Å². The summed E-state index contributed by atoms with van der Waals surface area (Å²) < 4.78 is 0. The molecule has 0 spiro atoms. The maximum Gasteiger partial charge on any atom is 0.152 e. The largest absolute Gasteiger partial charge is 0.290 e. The van der Waals surface area contributed by atoms with Crippen molar-refractivity contribution in [1.82, 2.24) is 10.5 Å². The van der Waals surface area contributed by atoms with Gasteiger partial charge in [-0.05, 0) is 18.6 Å². The summed E-state index contributed by atoms with van der Waals surface area (Å²) in [6.07, 6.45) is 1.55. The van der Waals surface area contributed by atoms with Crippen molar-refractivity contribution < 1.29 is 5.21 Å². The number of nitrogens with zero attached hydrogens (tertiary/aromatic N) is 1. The van der Waals surface area contributed by atoms with E-state index in [0.717, 1.165) is 5.56 Å². The maximum atomic E-state index is 8.48. The first-order valence-electron chi connectivity index (χ1n) is 3.27. The van der Waals surface area contributed by atoms with Crippen LogP contribution in [0.2, 0.25) is 5.15 Å². The number of halogens is 1. The second-order valence-electron chi connectivity index (χ2n) is 2.28. The highest BCUT2D eigenvalue weighted by molar-refractivity contribution is 6.32. The van der Waals surface area contributed by atoms with Crippen molar-refractivity contribution in [3.8, 4) is 0 Å². The Morgan fingerprint density at radius 3 is 2.92 bits per heavy atom. The standard InChI is InChI=1S/C7H8ClN3O/c1-4-2-3-10-6(8)5(4)7(9)11-12/h2-3,12H,1H3,(H2,9,11). The minimum absolute atomic E-state index is 0.148. The van der Waals surface area contributed by atoms with Crippen LogP contribution in [0.25, 0.3) is 0 Å². The number of amidine groups is 1. The Labute approximate surface area is 74.7 Å². The van der Waals surface area contributed by atoms with Gasteiger partial charge in [0.25, 0.3) is 0 Å². The van der Waals surface area contributed by atoms with Crippen LogP contribution in [0.4, 0.5) is 0 Å². The summed E-state index contributed by atoms with van der Waals surface area (Å²) in [5.74, 6) is -0.148. The van der Waals surface area contributed by atoms with Gasteiger partial charge in [-0.1, -0.05) is 11.6 Å². The fourth-order valence-electron chi connectivity index (χ4n) is 0.881. The van der Waals surface area contributed by atoms with E-state index in [9.17, 15) is 0 Å². The lowest BCUT2D eigenvalue weighted by atomic mass is 10.1. The van der Waals surface area contributed by atoms with E-state index in [1.165, 1.54) is 0 Å². The highest BCUT2D eigenvalue weighted by Gasteiger charge is 2.09. The van der Waals surface area contributed by atoms with Gasteiger partial charge in [0, 0.05) is 6.20 Å². The summed E-state index contributed by atoms with van der Waals surface area (Å²) in [6, 6.07) is 1.72. The van der Waals surface area contributed by atoms with Crippen LogP contribution < -0.4 is 5.48 Å². The smallest absolute Gasteiger partial charge is 0.152 e. The van der Waals surface area contributed by atoms with Crippen molar-refractivity contribution in [2.45, 2.75) is 6.92 Å². The van der Waals surface area contributed by atoms with Gasteiger partial charge in [0.05, 0.1) is 5.56 Å². The highest BCUT2D eigenvalue weighted by atomic mass is 35.5. The lowest BCUT2D eigenvalue weighted by molar-refractivity contribution is 0.234. The molecular formula is C7H8ClN3O. The predicted molar refractivity (Wildman–Crippen MR) is 45.7 cm³/mol. The summed E-state index contributed by atoms with van der Waals surface area (Å²) in [5, 5.41) is 16.0. The third-order valence-electron chi connectivity index (χ3n) is 1.47. The van der Waals surface area contributed by atoms with Gasteiger partial charge in [-0.25, -0.2) is 4.98 Å². The van der Waals surface area contributed by atoms with Crippen LogP contribution in [0.15, 0.2) is 12.3 Å². The SMILES string of the molecule is Cc1ccnc(Cl)c1C(=N)NO. The topological polar surface area (TPSA) is 69.0 Å². The van der Waals surface area contributed by atoms with Gasteiger partial charge in [0.15, 0.2) is 5.84 Å². The van der Waals surface area contributed by atoms with Gasteiger partial charge in [-0.15, -0.1) is 0 Å². The van der Waals surface area contributed by atoms with Gasteiger partial charge in [-0.3, -0.25) is 16.1 Å². The molecule has 0 atom stereocenters. The van der Waals surface area contributed by atoms with Crippen molar-refractivity contribution in [1.29, 1.82) is 5.41 Å². The molecule has 5 heteroatoms. The minimum Gasteiger partial charge on any atom is -0.290 e. The third-order valence-corrected chi connectivity index (χ3v) is 1.76. The third kappa shape index (κ3) is 1.54. The van der Waals surface area contributed by atoms with Crippen LogP contribution >= 0.6 is 11.6 Å². The van der Waals surface area contributed by atoms with Crippen LogP contribution in [0.1, 0.15) is 11.1 Å². The second-order valence-corrected chi connectivity index (χ2v) is 2.64. The number of nitrogens with one attached hydrogen (secondary N) is 2. The Balaban J connectivity index is 3.21. The predicted octanol–water partition coefficient (Wildman–Crippen LogP) is 1.35. The molecule has 0 saturated heterocycles. The van der Waals surface area contributed by atoms with Gasteiger partial charge < -0.3 is 0 Å². The lowest BCUT2D eigenvalue weighted by Crippen LogP contribution is -2.20. The van der Waals surface area contributed by atoms with Gasteiger partial charge in [0.2, 0.25) is 0 Å². The van der Waals surface area contributed by atoms with Crippen molar-refractivity contribution in [2.75, 3.05) is 0 Å². The average molecular weight is 186 g/mol. The summed E-state index contributed by atoms with van der Waals surface area (Å²) >= 11 is 5.70. The monoisotopic (exact) mass is 185 g/mol. The van der Waals surface area contributed by atoms with Gasteiger partial charge >= 0.3 is 0 Å². The molecule has 4 nitrogen and oxygen atoms in total. The minimum atomic E-state index is -0.148. The molecule has 0 aliphatic rings. The molecule has 0 bridgehead atoms. The molecule has 0 aliphatic carbocycles. The molecule has 0 aromatic carbocycles. The fraction of sp³-hybridized carbons (Fsp3) is 0.143. The molecule has 1 aromatic rings. The fourth-order valence-corrected chi connectivity index (χ4v) is 1.18. The van der Waals surface area contributed by atoms with Crippen LogP contribution in [-0.2, 0) is 0 Å². The first kappa shape index (κ1) is 8.96. The van der Waals surface area contributed by atoms with Crippen molar-refractivity contribution in [3.05, 3.63) is 28.5 Å². The van der Waals surface area contributed by atoms with E-state index < -0.39 is 0 Å². The zero-order valence-electron chi connectivity index (χ0n) is 6.43. The van der Waals surface area contributed by atoms with E-state index >= 15 is 0 Å². The molecule has 1 aromatic heterocycles. The average Bonchev–Trinajstić information content (AvgIpc) is 2.03. The van der Waals surface area contributed by atoms with Crippen molar-refractivity contribution in [3.63, 3.8) is 0 Å². The molecule has 12 heavy (non-hydrogen) atoms. The zero-order chi connectivity index (χ0) is 9.14. The molecule has 1 rings (SSSR count). The molecule has 0 unspecified atom stereocenters. The van der Waals surface area contributed by atoms with Crippen LogP contribution in [-0.4, -0.2) is 16.0 Å². The molecule has 64 valence electrons. The molecular weight excluding hydrogens is 178 g/mol. The normalized spacial score (nSPS) is 9.58. The summed E-state index contributed by atoms with van der Waals surface area (Å²) in [6.45, 7) is 1.79. The van der Waals surface area contributed by atoms with Gasteiger partial charge in [0.1, 0.15) is 5.15 Å². The molecule has 0 saturated carbocycles. The van der Waals surface area contributed by atoms with E-state index in [-0.39, 0.29) is 11.0 Å². The molecule has 3 N–H and O–H groups in total. The van der Waals surface area contributed by atoms with E-state index in [2.05, 4.69) is 4.98 Å². The molecule has 0 aliphatic heterocycles. The number of aryl methyl sites for hydroxylation is 1. The Bertz CT molecular complexity index is 293. The van der Waals surface area contributed by atoms with E-state index in [1.807, 2.05) is 0 Å². The van der Waals surface area contributed by atoms with Crippen LogP contribution in [0.3, 0.4) is 0 Å². The van der Waals surface area contributed by atoms with E-state index in [4.69, 9.17) is 22.2 Å². The van der Waals surface area contributed by atoms with E-state index in [0.29, 0.717) is 5.56 Å². The van der Waals surface area contributed by atoms with E-state index in [1.54, 1.807) is 24.7 Å².